The number of rotatable bonds is 13. The number of carbonyl (C=O) groups excluding carboxylic acids is 3. The molecule has 0 aliphatic rings. The van der Waals surface area contributed by atoms with Crippen LogP contribution in [0.5, 0.6) is 5.75 Å². The fourth-order valence-corrected chi connectivity index (χ4v) is 3.60. The van der Waals surface area contributed by atoms with Gasteiger partial charge in [-0.2, -0.15) is 0 Å². The van der Waals surface area contributed by atoms with Crippen LogP contribution in [0.3, 0.4) is 0 Å². The third-order valence-corrected chi connectivity index (χ3v) is 5.76. The van der Waals surface area contributed by atoms with Crippen LogP contribution in [-0.4, -0.2) is 56.1 Å². The lowest BCUT2D eigenvalue weighted by atomic mass is 10.1. The molecule has 2 aromatic heterocycles. The highest BCUT2D eigenvalue weighted by Crippen LogP contribution is 2.22. The van der Waals surface area contributed by atoms with Gasteiger partial charge in [-0.3, -0.25) is 19.1 Å². The van der Waals surface area contributed by atoms with Gasteiger partial charge in [-0.15, -0.1) is 5.10 Å². The highest BCUT2D eigenvalue weighted by atomic mass is 16.5. The largest absolute Gasteiger partial charge is 0.497 e. The van der Waals surface area contributed by atoms with Gasteiger partial charge in [0.05, 0.1) is 26.4 Å². The summed E-state index contributed by atoms with van der Waals surface area (Å²) in [6.07, 6.45) is 1.76. The van der Waals surface area contributed by atoms with Gasteiger partial charge in [0, 0.05) is 42.3 Å². The van der Waals surface area contributed by atoms with E-state index in [9.17, 15) is 19.2 Å². The monoisotopic (exact) mass is 561 g/mol. The van der Waals surface area contributed by atoms with E-state index in [4.69, 9.17) is 14.4 Å². The lowest BCUT2D eigenvalue weighted by Gasteiger charge is -2.06. The minimum absolute atomic E-state index is 0.0282. The van der Waals surface area contributed by atoms with Gasteiger partial charge in [-0.05, 0) is 48.5 Å². The van der Waals surface area contributed by atoms with E-state index in [0.29, 0.717) is 34.9 Å². The Bertz CT molecular complexity index is 1510. The average molecular weight is 562 g/mol. The fourth-order valence-electron chi connectivity index (χ4n) is 3.60. The normalized spacial score (nSPS) is 10.6. The van der Waals surface area contributed by atoms with E-state index in [-0.39, 0.29) is 55.0 Å². The Morgan fingerprint density at radius 1 is 0.902 bits per heavy atom. The predicted octanol–water partition coefficient (Wildman–Crippen LogP) is 2.70. The number of amides is 3. The lowest BCUT2D eigenvalue weighted by Crippen LogP contribution is -2.24. The molecule has 14 heteroatoms. The zero-order chi connectivity index (χ0) is 29.2. The molecule has 41 heavy (non-hydrogen) atoms. The van der Waals surface area contributed by atoms with Crippen molar-refractivity contribution in [2.75, 3.05) is 17.7 Å². The van der Waals surface area contributed by atoms with Crippen molar-refractivity contribution < 1.29 is 33.5 Å². The van der Waals surface area contributed by atoms with E-state index >= 15 is 0 Å². The number of aromatic carboxylic acids is 1. The maximum Gasteiger partial charge on any atom is 0.358 e. The van der Waals surface area contributed by atoms with E-state index in [1.807, 2.05) is 0 Å². The summed E-state index contributed by atoms with van der Waals surface area (Å²) in [5.41, 5.74) is 2.07. The Balaban J connectivity index is 1.13. The number of carbonyl (C=O) groups is 4. The standard InChI is InChI=1S/C27H27N7O7/c1-40-21-8-6-19(7-9-21)30-26(37)12-13-34-16-20(31-33-34)15-28-24(35)10-11-25(36)29-18-4-2-17(3-5-18)23-14-22(27(38)39)32-41-23/h2-9,14,16H,10-13,15H2,1H3,(H,28,35)(H,29,36)(H,30,37)(H,38,39). The summed E-state index contributed by atoms with van der Waals surface area (Å²) in [5.74, 6) is -1.07. The van der Waals surface area contributed by atoms with Crippen LogP contribution in [0.1, 0.15) is 35.4 Å². The van der Waals surface area contributed by atoms with Crippen molar-refractivity contribution in [3.8, 4) is 17.1 Å². The number of aryl methyl sites for hydroxylation is 1. The fraction of sp³-hybridized carbons (Fsp3) is 0.222. The first-order valence-electron chi connectivity index (χ1n) is 12.5. The van der Waals surface area contributed by atoms with Gasteiger partial charge in [-0.25, -0.2) is 4.79 Å². The molecule has 0 saturated heterocycles. The van der Waals surface area contributed by atoms with E-state index in [0.717, 1.165) is 0 Å². The number of nitrogens with zero attached hydrogens (tertiary/aromatic N) is 4. The summed E-state index contributed by atoms with van der Waals surface area (Å²) in [4.78, 5) is 47.6. The van der Waals surface area contributed by atoms with Crippen LogP contribution in [0.4, 0.5) is 11.4 Å². The third kappa shape index (κ3) is 8.48. The molecule has 14 nitrogen and oxygen atoms in total. The molecule has 3 amide bonds. The van der Waals surface area contributed by atoms with E-state index < -0.39 is 5.97 Å². The zero-order valence-electron chi connectivity index (χ0n) is 22.0. The Morgan fingerprint density at radius 2 is 1.54 bits per heavy atom. The first kappa shape index (κ1) is 28.5. The van der Waals surface area contributed by atoms with E-state index in [1.165, 1.54) is 10.7 Å². The molecule has 4 aromatic rings. The second-order valence-corrected chi connectivity index (χ2v) is 8.78. The number of carboxylic acids is 1. The number of ether oxygens (including phenoxy) is 1. The van der Waals surface area contributed by atoms with Crippen molar-refractivity contribution in [1.29, 1.82) is 0 Å². The number of anilines is 2. The first-order valence-corrected chi connectivity index (χ1v) is 12.5. The highest BCUT2D eigenvalue weighted by Gasteiger charge is 2.13. The molecule has 2 heterocycles. The van der Waals surface area contributed by atoms with E-state index in [2.05, 4.69) is 31.4 Å². The SMILES string of the molecule is COc1ccc(NC(=O)CCn2cc(CNC(=O)CCC(=O)Nc3ccc(-c4cc(C(=O)O)no4)cc3)nn2)cc1. The molecule has 0 unspecified atom stereocenters. The van der Waals surface area contributed by atoms with Crippen molar-refractivity contribution in [1.82, 2.24) is 25.5 Å². The molecule has 2 aromatic carbocycles. The van der Waals surface area contributed by atoms with Crippen molar-refractivity contribution in [2.45, 2.75) is 32.4 Å². The van der Waals surface area contributed by atoms with Gasteiger partial charge in [0.1, 0.15) is 11.4 Å². The Hall–Kier alpha value is -5.53. The van der Waals surface area contributed by atoms with Crippen LogP contribution in [0.15, 0.2) is 65.3 Å². The molecule has 0 fully saturated rings. The predicted molar refractivity (Wildman–Crippen MR) is 145 cm³/mol. The molecule has 4 N–H and O–H groups in total. The van der Waals surface area contributed by atoms with Crippen LogP contribution in [-0.2, 0) is 27.5 Å². The molecular weight excluding hydrogens is 534 g/mol. The molecule has 0 aliphatic heterocycles. The maximum absolute atomic E-state index is 12.2. The van der Waals surface area contributed by atoms with Gasteiger partial charge in [0.25, 0.3) is 0 Å². The van der Waals surface area contributed by atoms with Crippen molar-refractivity contribution in [3.63, 3.8) is 0 Å². The number of hydrogen-bond donors (Lipinski definition) is 4. The average Bonchev–Trinajstić information content (AvgIpc) is 3.65. The smallest absolute Gasteiger partial charge is 0.358 e. The summed E-state index contributed by atoms with van der Waals surface area (Å²) in [7, 11) is 1.57. The molecule has 0 aliphatic carbocycles. The maximum atomic E-state index is 12.2. The van der Waals surface area contributed by atoms with Crippen molar-refractivity contribution >= 4 is 35.1 Å². The summed E-state index contributed by atoms with van der Waals surface area (Å²) in [6.45, 7) is 0.442. The number of benzene rings is 2. The summed E-state index contributed by atoms with van der Waals surface area (Å²) >= 11 is 0. The Kier molecular flexibility index (Phi) is 9.38. The number of methoxy groups -OCH3 is 1. The van der Waals surface area contributed by atoms with Crippen LogP contribution in [0, 0.1) is 0 Å². The second kappa shape index (κ2) is 13.5. The van der Waals surface area contributed by atoms with Crippen LogP contribution in [0.25, 0.3) is 11.3 Å². The lowest BCUT2D eigenvalue weighted by molar-refractivity contribution is -0.124. The topological polar surface area (TPSA) is 191 Å². The Morgan fingerprint density at radius 3 is 2.17 bits per heavy atom. The molecule has 0 radical (unpaired) electrons. The number of aromatic nitrogens is 4. The first-order chi connectivity index (χ1) is 19.8. The summed E-state index contributed by atoms with van der Waals surface area (Å²) in [6, 6.07) is 14.8. The minimum Gasteiger partial charge on any atom is -0.497 e. The van der Waals surface area contributed by atoms with Gasteiger partial charge in [-0.1, -0.05) is 10.4 Å². The number of carboxylic acid groups (broad SMARTS) is 1. The molecule has 0 atom stereocenters. The zero-order valence-corrected chi connectivity index (χ0v) is 22.0. The summed E-state index contributed by atoms with van der Waals surface area (Å²) < 4.78 is 11.6. The van der Waals surface area contributed by atoms with E-state index in [1.54, 1.807) is 61.8 Å². The van der Waals surface area contributed by atoms with Gasteiger partial charge < -0.3 is 30.3 Å². The molecule has 0 saturated carbocycles. The van der Waals surface area contributed by atoms with Crippen LogP contribution in [0.2, 0.25) is 0 Å². The highest BCUT2D eigenvalue weighted by molar-refractivity contribution is 5.93. The third-order valence-electron chi connectivity index (χ3n) is 5.76. The van der Waals surface area contributed by atoms with Gasteiger partial charge in [0.2, 0.25) is 17.7 Å². The second-order valence-electron chi connectivity index (χ2n) is 8.78. The van der Waals surface area contributed by atoms with Crippen molar-refractivity contribution in [2.24, 2.45) is 0 Å². The number of hydrogen-bond acceptors (Lipinski definition) is 9. The molecular formula is C27H27N7O7. The summed E-state index contributed by atoms with van der Waals surface area (Å²) in [5, 5.41) is 28.5. The van der Waals surface area contributed by atoms with Crippen LogP contribution >= 0.6 is 0 Å². The van der Waals surface area contributed by atoms with Gasteiger partial charge >= 0.3 is 5.97 Å². The van der Waals surface area contributed by atoms with Crippen LogP contribution < -0.4 is 20.7 Å². The minimum atomic E-state index is -1.19. The molecule has 0 spiro atoms. The number of nitrogens with one attached hydrogen (secondary N) is 3. The molecule has 0 bridgehead atoms. The molecule has 212 valence electrons. The Labute approximate surface area is 233 Å². The molecule has 4 rings (SSSR count). The van der Waals surface area contributed by atoms with Gasteiger partial charge in [0.15, 0.2) is 11.5 Å². The quantitative estimate of drug-likeness (QED) is 0.189. The van der Waals surface area contributed by atoms with Crippen molar-refractivity contribution in [3.05, 3.63) is 72.2 Å².